The van der Waals surface area contributed by atoms with Crippen molar-refractivity contribution in [3.63, 3.8) is 0 Å². The molecular formula is C19H30N3O4S+. The average molecular weight is 397 g/mol. The Labute approximate surface area is 161 Å². The van der Waals surface area contributed by atoms with Crippen molar-refractivity contribution >= 4 is 15.9 Å². The van der Waals surface area contributed by atoms with E-state index in [1.54, 1.807) is 12.1 Å². The molecule has 2 atom stereocenters. The molecule has 0 aliphatic carbocycles. The van der Waals surface area contributed by atoms with E-state index in [2.05, 4.69) is 0 Å². The lowest BCUT2D eigenvalue weighted by atomic mass is 10.2. The van der Waals surface area contributed by atoms with Gasteiger partial charge in [0, 0.05) is 13.1 Å². The number of hydrogen-bond donors (Lipinski definition) is 1. The monoisotopic (exact) mass is 396 g/mol. The van der Waals surface area contributed by atoms with E-state index in [0.717, 1.165) is 10.5 Å². The van der Waals surface area contributed by atoms with E-state index in [1.807, 2.05) is 37.8 Å². The van der Waals surface area contributed by atoms with Crippen molar-refractivity contribution in [3.8, 4) is 0 Å². The number of aryl methyl sites for hydroxylation is 1. The highest BCUT2D eigenvalue weighted by atomic mass is 32.2. The van der Waals surface area contributed by atoms with Gasteiger partial charge >= 0.3 is 0 Å². The molecule has 1 amide bonds. The van der Waals surface area contributed by atoms with Crippen LogP contribution in [0.5, 0.6) is 0 Å². The highest BCUT2D eigenvalue weighted by Gasteiger charge is 2.33. The van der Waals surface area contributed by atoms with Crippen molar-refractivity contribution < 1.29 is 22.8 Å². The summed E-state index contributed by atoms with van der Waals surface area (Å²) < 4.78 is 32.8. The SMILES string of the molecule is Cc1ccc(S(=O)(=O)N2CC[NH+](CC(=O)N3C[C@@H](C)O[C@@H](C)C3)CC2)cc1. The normalized spacial score (nSPS) is 25.5. The second-order valence-electron chi connectivity index (χ2n) is 7.70. The second kappa shape index (κ2) is 8.26. The summed E-state index contributed by atoms with van der Waals surface area (Å²) in [6, 6.07) is 6.96. The van der Waals surface area contributed by atoms with Crippen LogP contribution < -0.4 is 4.90 Å². The predicted octanol–water partition coefficient (Wildman–Crippen LogP) is -0.480. The molecule has 1 N–H and O–H groups in total. The lowest BCUT2D eigenvalue weighted by molar-refractivity contribution is -0.896. The summed E-state index contributed by atoms with van der Waals surface area (Å²) in [5.41, 5.74) is 1.04. The van der Waals surface area contributed by atoms with Crippen LogP contribution in [-0.2, 0) is 19.6 Å². The van der Waals surface area contributed by atoms with Crippen molar-refractivity contribution in [3.05, 3.63) is 29.8 Å². The molecule has 2 fully saturated rings. The number of morpholine rings is 1. The summed E-state index contributed by atoms with van der Waals surface area (Å²) in [5, 5.41) is 0. The first-order chi connectivity index (χ1) is 12.8. The van der Waals surface area contributed by atoms with Gasteiger partial charge in [-0.15, -0.1) is 0 Å². The summed E-state index contributed by atoms with van der Waals surface area (Å²) in [7, 11) is -3.46. The number of carbonyl (C=O) groups is 1. The molecule has 7 nitrogen and oxygen atoms in total. The second-order valence-corrected chi connectivity index (χ2v) is 9.64. The van der Waals surface area contributed by atoms with Crippen LogP contribution in [0, 0.1) is 6.92 Å². The van der Waals surface area contributed by atoms with Gasteiger partial charge in [0.1, 0.15) is 0 Å². The Morgan fingerprint density at radius 1 is 1.11 bits per heavy atom. The van der Waals surface area contributed by atoms with Crippen molar-refractivity contribution in [1.82, 2.24) is 9.21 Å². The molecule has 150 valence electrons. The van der Waals surface area contributed by atoms with Gasteiger partial charge in [-0.05, 0) is 32.9 Å². The molecule has 3 rings (SSSR count). The molecule has 27 heavy (non-hydrogen) atoms. The van der Waals surface area contributed by atoms with Crippen LogP contribution in [0.4, 0.5) is 0 Å². The number of hydrogen-bond acceptors (Lipinski definition) is 4. The standard InChI is InChI=1S/C19H29N3O4S/c1-15-4-6-18(7-5-15)27(24,25)22-10-8-20(9-11-22)14-19(23)21-12-16(2)26-17(3)13-21/h4-7,16-17H,8-14H2,1-3H3/p+1/t16-,17+. The van der Waals surface area contributed by atoms with E-state index in [1.165, 1.54) is 4.31 Å². The molecule has 2 aliphatic rings. The van der Waals surface area contributed by atoms with Gasteiger partial charge < -0.3 is 14.5 Å². The third kappa shape index (κ3) is 4.87. The number of carbonyl (C=O) groups excluding carboxylic acids is 1. The van der Waals surface area contributed by atoms with E-state index < -0.39 is 10.0 Å². The molecule has 0 saturated carbocycles. The van der Waals surface area contributed by atoms with E-state index in [-0.39, 0.29) is 18.1 Å². The van der Waals surface area contributed by atoms with E-state index >= 15 is 0 Å². The van der Waals surface area contributed by atoms with Crippen LogP contribution >= 0.6 is 0 Å². The maximum absolute atomic E-state index is 12.8. The fraction of sp³-hybridized carbons (Fsp3) is 0.632. The quantitative estimate of drug-likeness (QED) is 0.746. The van der Waals surface area contributed by atoms with Crippen LogP contribution in [0.2, 0.25) is 0 Å². The first kappa shape index (κ1) is 20.3. The maximum atomic E-state index is 12.8. The Balaban J connectivity index is 1.54. The molecule has 2 aliphatic heterocycles. The highest BCUT2D eigenvalue weighted by molar-refractivity contribution is 7.89. The Kier molecular flexibility index (Phi) is 6.20. The molecule has 0 bridgehead atoms. The minimum atomic E-state index is -3.46. The van der Waals surface area contributed by atoms with Crippen molar-refractivity contribution in [2.24, 2.45) is 0 Å². The van der Waals surface area contributed by atoms with Gasteiger partial charge in [-0.25, -0.2) is 8.42 Å². The number of amides is 1. The van der Waals surface area contributed by atoms with Gasteiger partial charge in [0.25, 0.3) is 5.91 Å². The summed E-state index contributed by atoms with van der Waals surface area (Å²) >= 11 is 0. The molecule has 0 radical (unpaired) electrons. The van der Waals surface area contributed by atoms with Crippen LogP contribution in [0.15, 0.2) is 29.2 Å². The van der Waals surface area contributed by atoms with Gasteiger partial charge in [-0.2, -0.15) is 4.31 Å². The van der Waals surface area contributed by atoms with Crippen LogP contribution in [-0.4, -0.2) is 81.6 Å². The number of benzene rings is 1. The topological polar surface area (TPSA) is 71.4 Å². The molecule has 0 spiro atoms. The zero-order valence-electron chi connectivity index (χ0n) is 16.3. The smallest absolute Gasteiger partial charge is 0.277 e. The molecule has 1 aromatic carbocycles. The molecule has 0 aromatic heterocycles. The first-order valence-corrected chi connectivity index (χ1v) is 11.0. The third-order valence-electron chi connectivity index (χ3n) is 5.26. The summed E-state index contributed by atoms with van der Waals surface area (Å²) in [6.45, 7) is 9.75. The molecular weight excluding hydrogens is 366 g/mol. The van der Waals surface area contributed by atoms with Crippen LogP contribution in [0.3, 0.4) is 0 Å². The van der Waals surface area contributed by atoms with Gasteiger partial charge in [-0.1, -0.05) is 17.7 Å². The minimum Gasteiger partial charge on any atom is -0.372 e. The largest absolute Gasteiger partial charge is 0.372 e. The Hall–Kier alpha value is -1.48. The number of nitrogens with zero attached hydrogens (tertiary/aromatic N) is 2. The van der Waals surface area contributed by atoms with Crippen molar-refractivity contribution in [1.29, 1.82) is 0 Å². The Bertz CT molecular complexity index is 748. The molecule has 2 saturated heterocycles. The minimum absolute atomic E-state index is 0.0594. The zero-order chi connectivity index (χ0) is 19.6. The highest BCUT2D eigenvalue weighted by Crippen LogP contribution is 2.16. The lowest BCUT2D eigenvalue weighted by Crippen LogP contribution is -3.15. The van der Waals surface area contributed by atoms with Gasteiger partial charge in [0.05, 0.1) is 43.3 Å². The molecule has 8 heteroatoms. The van der Waals surface area contributed by atoms with Gasteiger partial charge in [0.15, 0.2) is 6.54 Å². The molecule has 1 aromatic rings. The van der Waals surface area contributed by atoms with Crippen LogP contribution in [0.25, 0.3) is 0 Å². The van der Waals surface area contributed by atoms with Crippen LogP contribution in [0.1, 0.15) is 19.4 Å². The van der Waals surface area contributed by atoms with Crippen molar-refractivity contribution in [2.45, 2.75) is 37.9 Å². The van der Waals surface area contributed by atoms with E-state index in [4.69, 9.17) is 4.74 Å². The first-order valence-electron chi connectivity index (χ1n) is 9.59. The summed E-state index contributed by atoms with van der Waals surface area (Å²) in [4.78, 5) is 16.0. The van der Waals surface area contributed by atoms with E-state index in [0.29, 0.717) is 50.7 Å². The van der Waals surface area contributed by atoms with E-state index in [9.17, 15) is 13.2 Å². The number of rotatable bonds is 4. The van der Waals surface area contributed by atoms with Gasteiger partial charge in [-0.3, -0.25) is 4.79 Å². The average Bonchev–Trinajstić information content (AvgIpc) is 2.61. The maximum Gasteiger partial charge on any atom is 0.277 e. The fourth-order valence-electron chi connectivity index (χ4n) is 3.79. The van der Waals surface area contributed by atoms with Crippen molar-refractivity contribution in [2.75, 3.05) is 45.8 Å². The Morgan fingerprint density at radius 2 is 1.67 bits per heavy atom. The number of ether oxygens (including phenoxy) is 1. The Morgan fingerprint density at radius 3 is 2.22 bits per heavy atom. The fourth-order valence-corrected chi connectivity index (χ4v) is 5.23. The predicted molar refractivity (Wildman–Crippen MR) is 102 cm³/mol. The number of sulfonamides is 1. The third-order valence-corrected chi connectivity index (χ3v) is 7.17. The summed E-state index contributed by atoms with van der Waals surface area (Å²) in [6.07, 6.45) is 0.119. The lowest BCUT2D eigenvalue weighted by Gasteiger charge is -2.37. The number of quaternary nitrogens is 1. The molecule has 2 heterocycles. The number of piperazine rings is 1. The number of nitrogens with one attached hydrogen (secondary N) is 1. The van der Waals surface area contributed by atoms with Gasteiger partial charge in [0.2, 0.25) is 10.0 Å². The summed E-state index contributed by atoms with van der Waals surface area (Å²) in [5.74, 6) is 0.127. The molecule has 0 unspecified atom stereocenters. The zero-order valence-corrected chi connectivity index (χ0v) is 17.2.